The van der Waals surface area contributed by atoms with Gasteiger partial charge in [0.25, 0.3) is 7.82 Å². The Labute approximate surface area is 449 Å². The number of phosphoric acid groups is 1. The Kier molecular flexibility index (Phi) is 50.6. The van der Waals surface area contributed by atoms with Gasteiger partial charge in [-0.3, -0.25) is 9.36 Å². The van der Waals surface area contributed by atoms with E-state index in [1.54, 1.807) is 6.08 Å². The van der Waals surface area contributed by atoms with Crippen molar-refractivity contribution in [2.24, 2.45) is 0 Å². The van der Waals surface area contributed by atoms with Crippen molar-refractivity contribution in [2.45, 2.75) is 212 Å². The number of hydrogen-bond donors (Lipinski definition) is 2. The van der Waals surface area contributed by atoms with Crippen molar-refractivity contribution in [3.05, 3.63) is 146 Å². The number of aliphatic hydroxyl groups excluding tert-OH is 1. The van der Waals surface area contributed by atoms with Crippen LogP contribution in [0, 0.1) is 0 Å². The number of rotatable bonds is 50. The minimum Gasteiger partial charge on any atom is -0.756 e. The molecule has 0 spiro atoms. The van der Waals surface area contributed by atoms with Crippen LogP contribution in [0.1, 0.15) is 200 Å². The van der Waals surface area contributed by atoms with Gasteiger partial charge in [-0.25, -0.2) is 0 Å². The maximum atomic E-state index is 12.9. The van der Waals surface area contributed by atoms with Crippen molar-refractivity contribution in [3.63, 3.8) is 0 Å². The van der Waals surface area contributed by atoms with E-state index >= 15 is 0 Å². The number of phosphoric ester groups is 1. The average molecular weight is 1030 g/mol. The second-order valence-electron chi connectivity index (χ2n) is 19.9. The Bertz CT molecular complexity index is 1690. The summed E-state index contributed by atoms with van der Waals surface area (Å²) in [5, 5.41) is 13.8. The molecule has 0 aromatic carbocycles. The van der Waals surface area contributed by atoms with Crippen molar-refractivity contribution in [1.82, 2.24) is 5.32 Å². The number of carbonyl (C=O) groups excluding carboxylic acids is 1. The van der Waals surface area contributed by atoms with Gasteiger partial charge in [0, 0.05) is 6.42 Å². The Hall–Kier alpha value is -3.62. The van der Waals surface area contributed by atoms with Gasteiger partial charge in [-0.15, -0.1) is 0 Å². The summed E-state index contributed by atoms with van der Waals surface area (Å²) in [6.45, 7) is 4.47. The van der Waals surface area contributed by atoms with Gasteiger partial charge in [0.15, 0.2) is 0 Å². The van der Waals surface area contributed by atoms with Crippen LogP contribution in [0.5, 0.6) is 0 Å². The zero-order valence-electron chi connectivity index (χ0n) is 47.0. The minimum absolute atomic E-state index is 0.0199. The van der Waals surface area contributed by atoms with Crippen LogP contribution in [0.25, 0.3) is 0 Å². The van der Waals surface area contributed by atoms with Crippen LogP contribution in [0.15, 0.2) is 146 Å². The summed E-state index contributed by atoms with van der Waals surface area (Å²) in [4.78, 5) is 25.5. The molecule has 0 aliphatic heterocycles. The van der Waals surface area contributed by atoms with E-state index in [1.807, 2.05) is 27.2 Å². The third-order valence-corrected chi connectivity index (χ3v) is 12.7. The minimum atomic E-state index is -4.62. The van der Waals surface area contributed by atoms with Gasteiger partial charge in [-0.2, -0.15) is 0 Å². The molecule has 3 unspecified atom stereocenters. The van der Waals surface area contributed by atoms with Crippen molar-refractivity contribution in [1.29, 1.82) is 0 Å². The molecule has 8 nitrogen and oxygen atoms in total. The first-order chi connectivity index (χ1) is 35.5. The lowest BCUT2D eigenvalue weighted by molar-refractivity contribution is -0.870. The van der Waals surface area contributed by atoms with E-state index in [9.17, 15) is 19.4 Å². The van der Waals surface area contributed by atoms with Crippen molar-refractivity contribution in [3.8, 4) is 0 Å². The van der Waals surface area contributed by atoms with Crippen LogP contribution in [0.3, 0.4) is 0 Å². The second-order valence-corrected chi connectivity index (χ2v) is 21.3. The number of aliphatic hydroxyl groups is 1. The number of hydrogen-bond acceptors (Lipinski definition) is 6. The third kappa shape index (κ3) is 56.0. The molecule has 0 saturated heterocycles. The van der Waals surface area contributed by atoms with E-state index in [2.05, 4.69) is 153 Å². The van der Waals surface area contributed by atoms with Gasteiger partial charge in [0.1, 0.15) is 13.2 Å². The van der Waals surface area contributed by atoms with Gasteiger partial charge in [-0.05, 0) is 109 Å². The summed E-state index contributed by atoms with van der Waals surface area (Å²) in [6.07, 6.45) is 82.1. The summed E-state index contributed by atoms with van der Waals surface area (Å²) in [5.74, 6) is -0.238. The molecule has 73 heavy (non-hydrogen) atoms. The standard InChI is InChI=1S/C64H107N2O6P/c1-6-8-10-12-14-16-18-20-22-24-25-26-27-28-29-30-31-32-33-34-35-36-37-38-39-40-41-42-44-46-48-50-52-54-56-58-64(68)65-62(61-72-73(69,70)71-60-59-66(3,4)5)63(67)57-55-53-51-49-47-45-43-23-21-19-17-15-13-11-9-7-2/h8,10,14,16,20,22,25-26,28-29,31-32,34-35,37-38,40-41,44,46-47,49,55,57,62-63,67H,6-7,9,11-13,15,17-19,21,23-24,27,30,33,36,39,42-43,45,48,50-54,56,58-61H2,1-5H3,(H-,65,68,69,70)/b10-8-,16-14-,22-20-,26-25-,29-28-,32-31-,35-34-,38-37-,41-40-,46-44-,49-47+,57-55+. The summed E-state index contributed by atoms with van der Waals surface area (Å²) in [6, 6.07) is -0.928. The fourth-order valence-electron chi connectivity index (χ4n) is 7.31. The van der Waals surface area contributed by atoms with Crippen molar-refractivity contribution < 1.29 is 32.9 Å². The number of nitrogens with zero attached hydrogens (tertiary/aromatic N) is 1. The Morgan fingerprint density at radius 1 is 0.493 bits per heavy atom. The van der Waals surface area contributed by atoms with Gasteiger partial charge >= 0.3 is 0 Å². The normalized spacial score (nSPS) is 15.0. The second kappa shape index (κ2) is 53.2. The van der Waals surface area contributed by atoms with Crippen LogP contribution >= 0.6 is 7.82 Å². The van der Waals surface area contributed by atoms with Crippen molar-refractivity contribution >= 4 is 13.7 Å². The summed E-state index contributed by atoms with van der Waals surface area (Å²) < 4.78 is 23.3. The van der Waals surface area contributed by atoms with Crippen LogP contribution in [-0.2, 0) is 18.4 Å². The fourth-order valence-corrected chi connectivity index (χ4v) is 8.04. The molecule has 414 valence electrons. The quantitative estimate of drug-likeness (QED) is 0.0272. The van der Waals surface area contributed by atoms with Gasteiger partial charge in [0.2, 0.25) is 5.91 Å². The Morgan fingerprint density at radius 3 is 1.27 bits per heavy atom. The summed E-state index contributed by atoms with van der Waals surface area (Å²) in [7, 11) is 1.20. The molecule has 1 amide bonds. The predicted molar refractivity (Wildman–Crippen MR) is 315 cm³/mol. The first-order valence-electron chi connectivity index (χ1n) is 28.7. The highest BCUT2D eigenvalue weighted by atomic mass is 31.2. The number of unbranched alkanes of at least 4 members (excludes halogenated alkanes) is 15. The lowest BCUT2D eigenvalue weighted by Crippen LogP contribution is -2.45. The summed E-state index contributed by atoms with van der Waals surface area (Å²) in [5.41, 5.74) is 0. The molecule has 0 aliphatic carbocycles. The number of quaternary nitrogens is 1. The van der Waals surface area contributed by atoms with Gasteiger partial charge in [0.05, 0.1) is 39.9 Å². The maximum Gasteiger partial charge on any atom is 0.268 e. The molecule has 2 N–H and O–H groups in total. The lowest BCUT2D eigenvalue weighted by atomic mass is 10.1. The zero-order chi connectivity index (χ0) is 53.5. The van der Waals surface area contributed by atoms with E-state index in [4.69, 9.17) is 9.05 Å². The van der Waals surface area contributed by atoms with Crippen molar-refractivity contribution in [2.75, 3.05) is 40.9 Å². The van der Waals surface area contributed by atoms with E-state index in [0.29, 0.717) is 23.9 Å². The number of amides is 1. The average Bonchev–Trinajstić information content (AvgIpc) is 3.35. The molecule has 0 aromatic heterocycles. The number of likely N-dealkylation sites (N-methyl/N-ethyl adjacent to an activating group) is 1. The van der Waals surface area contributed by atoms with E-state index in [1.165, 1.54) is 64.2 Å². The van der Waals surface area contributed by atoms with E-state index in [-0.39, 0.29) is 12.5 Å². The SMILES string of the molecule is CC/C=C\C/C=C\C/C=C\C/C=C\C/C=C\C/C=C\C/C=C\C/C=C\C/C=C\C/C=C\CCCCCCC(=O)NC(COP(=O)([O-])OCC[N+](C)(C)C)C(O)/C=C/CC/C=C/CCCCCCCCCCCC. The highest BCUT2D eigenvalue weighted by Gasteiger charge is 2.23. The molecular weight excluding hydrogens is 924 g/mol. The number of allylic oxidation sites excluding steroid dienone is 23. The molecule has 0 aliphatic rings. The molecule has 0 fully saturated rings. The Balaban J connectivity index is 4.31. The lowest BCUT2D eigenvalue weighted by Gasteiger charge is -2.29. The molecule has 0 radical (unpaired) electrons. The predicted octanol–water partition coefficient (Wildman–Crippen LogP) is 17.1. The monoisotopic (exact) mass is 1030 g/mol. The summed E-state index contributed by atoms with van der Waals surface area (Å²) >= 11 is 0. The maximum absolute atomic E-state index is 12.9. The first kappa shape index (κ1) is 69.4. The van der Waals surface area contributed by atoms with Crippen LogP contribution in [0.2, 0.25) is 0 Å². The highest BCUT2D eigenvalue weighted by Crippen LogP contribution is 2.38. The molecule has 9 heteroatoms. The number of carbonyl (C=O) groups is 1. The molecule has 3 atom stereocenters. The Morgan fingerprint density at radius 2 is 0.849 bits per heavy atom. The van der Waals surface area contributed by atoms with Gasteiger partial charge in [-0.1, -0.05) is 230 Å². The molecule has 0 heterocycles. The smallest absolute Gasteiger partial charge is 0.268 e. The largest absolute Gasteiger partial charge is 0.756 e. The number of nitrogens with one attached hydrogen (secondary N) is 1. The van der Waals surface area contributed by atoms with Crippen LogP contribution in [0.4, 0.5) is 0 Å². The first-order valence-corrected chi connectivity index (χ1v) is 30.2. The van der Waals surface area contributed by atoms with Crippen LogP contribution in [-0.4, -0.2) is 68.5 Å². The topological polar surface area (TPSA) is 108 Å². The van der Waals surface area contributed by atoms with Gasteiger partial charge < -0.3 is 28.8 Å². The molecule has 0 bridgehead atoms. The third-order valence-electron chi connectivity index (χ3n) is 11.8. The highest BCUT2D eigenvalue weighted by molar-refractivity contribution is 7.45. The molecule has 0 aromatic rings. The van der Waals surface area contributed by atoms with E-state index < -0.39 is 26.6 Å². The molecular formula is C64H107N2O6P. The zero-order valence-corrected chi connectivity index (χ0v) is 47.9. The molecule has 0 rings (SSSR count). The fraction of sp³-hybridized carbons (Fsp3) is 0.609. The van der Waals surface area contributed by atoms with Crippen LogP contribution < -0.4 is 10.2 Å². The van der Waals surface area contributed by atoms with E-state index in [0.717, 1.165) is 109 Å². The molecule has 0 saturated carbocycles.